The van der Waals surface area contributed by atoms with Crippen LogP contribution in [-0.2, 0) is 11.2 Å². The first-order valence-electron chi connectivity index (χ1n) is 5.87. The van der Waals surface area contributed by atoms with Crippen LogP contribution >= 0.6 is 0 Å². The lowest BCUT2D eigenvalue weighted by Crippen LogP contribution is -2.12. The summed E-state index contributed by atoms with van der Waals surface area (Å²) in [7, 11) is 1.53. The van der Waals surface area contributed by atoms with E-state index in [0.717, 1.165) is 5.56 Å². The van der Waals surface area contributed by atoms with Crippen LogP contribution in [0.1, 0.15) is 5.56 Å². The quantitative estimate of drug-likeness (QED) is 0.519. The molecule has 0 saturated carbocycles. The number of nitrogens with two attached hydrogens (primary N) is 1. The summed E-state index contributed by atoms with van der Waals surface area (Å²) in [5.41, 5.74) is 7.11. The van der Waals surface area contributed by atoms with Crippen molar-refractivity contribution in [3.05, 3.63) is 54.1 Å². The van der Waals surface area contributed by atoms with Crippen molar-refractivity contribution in [1.29, 1.82) is 0 Å². The van der Waals surface area contributed by atoms with Crippen LogP contribution in [0, 0.1) is 0 Å². The van der Waals surface area contributed by atoms with Crippen LogP contribution in [-0.4, -0.2) is 13.1 Å². The Morgan fingerprint density at radius 3 is 2.53 bits per heavy atom. The molecule has 0 spiro atoms. The highest BCUT2D eigenvalue weighted by Crippen LogP contribution is 2.26. The Hall–Kier alpha value is -2.49. The maximum Gasteiger partial charge on any atom is 0.315 e. The zero-order chi connectivity index (χ0) is 13.7. The summed E-state index contributed by atoms with van der Waals surface area (Å²) >= 11 is 0. The van der Waals surface area contributed by atoms with Gasteiger partial charge in [0.15, 0.2) is 11.5 Å². The minimum Gasteiger partial charge on any atom is -0.493 e. The van der Waals surface area contributed by atoms with Crippen molar-refractivity contribution < 1.29 is 14.3 Å². The summed E-state index contributed by atoms with van der Waals surface area (Å²) < 4.78 is 10.4. The first-order chi connectivity index (χ1) is 9.19. The van der Waals surface area contributed by atoms with Gasteiger partial charge in [0.2, 0.25) is 0 Å². The van der Waals surface area contributed by atoms with E-state index in [-0.39, 0.29) is 12.4 Å². The maximum atomic E-state index is 11.8. The molecule has 4 nitrogen and oxygen atoms in total. The van der Waals surface area contributed by atoms with Gasteiger partial charge >= 0.3 is 5.97 Å². The Morgan fingerprint density at radius 1 is 1.11 bits per heavy atom. The van der Waals surface area contributed by atoms with E-state index in [2.05, 4.69) is 0 Å². The van der Waals surface area contributed by atoms with Crippen LogP contribution in [0.5, 0.6) is 11.5 Å². The van der Waals surface area contributed by atoms with E-state index in [9.17, 15) is 4.79 Å². The minimum absolute atomic E-state index is 0.170. The van der Waals surface area contributed by atoms with Gasteiger partial charge in [0.05, 0.1) is 13.5 Å². The topological polar surface area (TPSA) is 61.5 Å². The fourth-order valence-corrected chi connectivity index (χ4v) is 1.73. The number of hydrogen-bond acceptors (Lipinski definition) is 4. The molecule has 4 heteroatoms. The molecule has 2 aromatic rings. The van der Waals surface area contributed by atoms with Gasteiger partial charge in [-0.05, 0) is 29.8 Å². The van der Waals surface area contributed by atoms with Crippen molar-refractivity contribution in [3.8, 4) is 11.5 Å². The zero-order valence-corrected chi connectivity index (χ0v) is 10.6. The van der Waals surface area contributed by atoms with Gasteiger partial charge in [0.25, 0.3) is 0 Å². The number of carbonyl (C=O) groups is 1. The second kappa shape index (κ2) is 5.91. The largest absolute Gasteiger partial charge is 0.493 e. The molecule has 0 aliphatic rings. The number of nitrogen functional groups attached to an aromatic ring is 1. The van der Waals surface area contributed by atoms with Gasteiger partial charge in [-0.2, -0.15) is 0 Å². The average molecular weight is 257 g/mol. The molecule has 0 fully saturated rings. The third-order valence-corrected chi connectivity index (χ3v) is 2.59. The van der Waals surface area contributed by atoms with Crippen molar-refractivity contribution in [1.82, 2.24) is 0 Å². The summed E-state index contributed by atoms with van der Waals surface area (Å²) in [4.78, 5) is 11.8. The van der Waals surface area contributed by atoms with Crippen LogP contribution in [0.15, 0.2) is 48.5 Å². The Labute approximate surface area is 111 Å². The predicted octanol–water partition coefficient (Wildman–Crippen LogP) is 2.43. The van der Waals surface area contributed by atoms with E-state index in [1.54, 1.807) is 36.4 Å². The highest BCUT2D eigenvalue weighted by Gasteiger charge is 2.10. The Morgan fingerprint density at radius 2 is 1.84 bits per heavy atom. The summed E-state index contributed by atoms with van der Waals surface area (Å²) in [6.07, 6.45) is 0.170. The zero-order valence-electron chi connectivity index (χ0n) is 10.6. The highest BCUT2D eigenvalue weighted by atomic mass is 16.6. The summed E-state index contributed by atoms with van der Waals surface area (Å²) in [6.45, 7) is 0. The predicted molar refractivity (Wildman–Crippen MR) is 73.2 cm³/mol. The molecule has 2 aromatic carbocycles. The standard InChI is InChI=1S/C15H15NO3/c1-18-13-7-2-3-8-14(13)19-15(17)10-11-5-4-6-12(16)9-11/h2-9H,10,16H2,1H3. The van der Waals surface area contributed by atoms with Crippen molar-refractivity contribution in [2.75, 3.05) is 12.8 Å². The van der Waals surface area contributed by atoms with E-state index in [4.69, 9.17) is 15.2 Å². The van der Waals surface area contributed by atoms with E-state index < -0.39 is 0 Å². The molecule has 0 aliphatic carbocycles. The van der Waals surface area contributed by atoms with E-state index >= 15 is 0 Å². The van der Waals surface area contributed by atoms with Gasteiger partial charge in [0, 0.05) is 5.69 Å². The van der Waals surface area contributed by atoms with Crippen LogP contribution in [0.2, 0.25) is 0 Å². The van der Waals surface area contributed by atoms with Gasteiger partial charge in [-0.15, -0.1) is 0 Å². The second-order valence-corrected chi connectivity index (χ2v) is 4.05. The number of benzene rings is 2. The molecule has 0 radical (unpaired) electrons. The SMILES string of the molecule is COc1ccccc1OC(=O)Cc1cccc(N)c1. The third kappa shape index (κ3) is 3.48. The lowest BCUT2D eigenvalue weighted by Gasteiger charge is -2.08. The summed E-state index contributed by atoms with van der Waals surface area (Å²) in [5, 5.41) is 0. The number of ether oxygens (including phenoxy) is 2. The molecule has 19 heavy (non-hydrogen) atoms. The van der Waals surface area contributed by atoms with Crippen molar-refractivity contribution in [3.63, 3.8) is 0 Å². The Balaban J connectivity index is 2.05. The van der Waals surface area contributed by atoms with E-state index in [0.29, 0.717) is 17.2 Å². The molecular formula is C15H15NO3. The molecule has 0 unspecified atom stereocenters. The van der Waals surface area contributed by atoms with Crippen molar-refractivity contribution in [2.45, 2.75) is 6.42 Å². The van der Waals surface area contributed by atoms with Gasteiger partial charge < -0.3 is 15.2 Å². The fraction of sp³-hybridized carbons (Fsp3) is 0.133. The number of esters is 1. The molecule has 98 valence electrons. The number of carbonyl (C=O) groups excluding carboxylic acids is 1. The van der Waals surface area contributed by atoms with Crippen LogP contribution < -0.4 is 15.2 Å². The molecule has 2 rings (SSSR count). The summed E-state index contributed by atoms with van der Waals surface area (Å²) in [5.74, 6) is 0.595. The van der Waals surface area contributed by atoms with Crippen LogP contribution in [0.25, 0.3) is 0 Å². The number of methoxy groups -OCH3 is 1. The normalized spacial score (nSPS) is 9.95. The lowest BCUT2D eigenvalue weighted by molar-refractivity contribution is -0.133. The third-order valence-electron chi connectivity index (χ3n) is 2.59. The number of hydrogen-bond donors (Lipinski definition) is 1. The molecule has 0 amide bonds. The molecule has 0 bridgehead atoms. The highest BCUT2D eigenvalue weighted by molar-refractivity contribution is 5.76. The lowest BCUT2D eigenvalue weighted by atomic mass is 10.1. The molecular weight excluding hydrogens is 242 g/mol. The first kappa shape index (κ1) is 13.0. The molecule has 2 N–H and O–H groups in total. The van der Waals surface area contributed by atoms with Crippen molar-refractivity contribution in [2.24, 2.45) is 0 Å². The molecule has 0 aliphatic heterocycles. The molecule has 0 atom stereocenters. The molecule has 0 saturated heterocycles. The Kier molecular flexibility index (Phi) is 4.03. The van der Waals surface area contributed by atoms with E-state index in [1.165, 1.54) is 7.11 Å². The fourth-order valence-electron chi connectivity index (χ4n) is 1.73. The van der Waals surface area contributed by atoms with Gasteiger partial charge in [0.1, 0.15) is 0 Å². The van der Waals surface area contributed by atoms with Crippen LogP contribution in [0.3, 0.4) is 0 Å². The van der Waals surface area contributed by atoms with E-state index in [1.807, 2.05) is 12.1 Å². The second-order valence-electron chi connectivity index (χ2n) is 4.05. The van der Waals surface area contributed by atoms with Gasteiger partial charge in [-0.3, -0.25) is 4.79 Å². The Bertz CT molecular complexity index is 581. The molecule has 0 heterocycles. The maximum absolute atomic E-state index is 11.8. The van der Waals surface area contributed by atoms with Crippen LogP contribution in [0.4, 0.5) is 5.69 Å². The van der Waals surface area contributed by atoms with Crippen molar-refractivity contribution >= 4 is 11.7 Å². The number of para-hydroxylation sites is 2. The monoisotopic (exact) mass is 257 g/mol. The molecule has 0 aromatic heterocycles. The smallest absolute Gasteiger partial charge is 0.315 e. The number of rotatable bonds is 4. The first-order valence-corrected chi connectivity index (χ1v) is 5.87. The number of anilines is 1. The van der Waals surface area contributed by atoms with Gasteiger partial charge in [-0.25, -0.2) is 0 Å². The average Bonchev–Trinajstić information content (AvgIpc) is 2.39. The minimum atomic E-state index is -0.352. The van der Waals surface area contributed by atoms with Gasteiger partial charge in [-0.1, -0.05) is 24.3 Å². The summed E-state index contributed by atoms with van der Waals surface area (Å²) in [6, 6.07) is 14.2.